The molecule has 6 heteroatoms. The van der Waals surface area contributed by atoms with E-state index < -0.39 is 0 Å². The molecular formula is C10H11N5S. The molecule has 0 aromatic carbocycles. The van der Waals surface area contributed by atoms with Gasteiger partial charge < -0.3 is 0 Å². The highest BCUT2D eigenvalue weighted by molar-refractivity contribution is 7.12. The van der Waals surface area contributed by atoms with Crippen molar-refractivity contribution in [2.45, 2.75) is 26.7 Å². The van der Waals surface area contributed by atoms with Crippen molar-refractivity contribution in [1.29, 1.82) is 5.26 Å². The van der Waals surface area contributed by atoms with Crippen LogP contribution in [0.4, 0.5) is 0 Å². The molecule has 0 fully saturated rings. The average molecular weight is 233 g/mol. The second kappa shape index (κ2) is 4.41. The van der Waals surface area contributed by atoms with Crippen molar-refractivity contribution in [3.63, 3.8) is 0 Å². The standard InChI is InChI=1S/C10H11N5S/c1-3-4-9-8(5-11)13-14-15(9)10-12-7(2)6-16-10/h6H,3-4H2,1-2H3. The van der Waals surface area contributed by atoms with E-state index in [9.17, 15) is 0 Å². The third-order valence-corrected chi connectivity index (χ3v) is 3.08. The maximum Gasteiger partial charge on any atom is 0.212 e. The van der Waals surface area contributed by atoms with Gasteiger partial charge in [-0.2, -0.15) is 9.94 Å². The van der Waals surface area contributed by atoms with Crippen molar-refractivity contribution >= 4 is 11.3 Å². The Morgan fingerprint density at radius 1 is 1.56 bits per heavy atom. The van der Waals surface area contributed by atoms with E-state index in [0.717, 1.165) is 29.4 Å². The zero-order valence-electron chi connectivity index (χ0n) is 9.14. The van der Waals surface area contributed by atoms with Gasteiger partial charge in [0.2, 0.25) is 5.13 Å². The fourth-order valence-electron chi connectivity index (χ4n) is 1.44. The molecule has 0 aliphatic rings. The normalized spacial score (nSPS) is 10.3. The zero-order valence-corrected chi connectivity index (χ0v) is 9.95. The number of nitriles is 1. The van der Waals surface area contributed by atoms with Gasteiger partial charge in [-0.15, -0.1) is 16.4 Å². The monoisotopic (exact) mass is 233 g/mol. The summed E-state index contributed by atoms with van der Waals surface area (Å²) in [5.74, 6) is 0. The lowest BCUT2D eigenvalue weighted by molar-refractivity contribution is 0.739. The third-order valence-electron chi connectivity index (χ3n) is 2.14. The minimum atomic E-state index is 0.398. The van der Waals surface area contributed by atoms with E-state index in [1.54, 1.807) is 4.68 Å². The van der Waals surface area contributed by atoms with Crippen LogP contribution in [0, 0.1) is 18.3 Å². The van der Waals surface area contributed by atoms with Crippen LogP contribution in [0.1, 0.15) is 30.4 Å². The van der Waals surface area contributed by atoms with Crippen LogP contribution in [0.3, 0.4) is 0 Å². The number of thiazole rings is 1. The van der Waals surface area contributed by atoms with Crippen LogP contribution in [0.2, 0.25) is 0 Å². The summed E-state index contributed by atoms with van der Waals surface area (Å²) in [5.41, 5.74) is 2.20. The van der Waals surface area contributed by atoms with Crippen LogP contribution in [0.5, 0.6) is 0 Å². The minimum Gasteiger partial charge on any atom is -0.224 e. The fraction of sp³-hybridized carbons (Fsp3) is 0.400. The van der Waals surface area contributed by atoms with Crippen molar-refractivity contribution in [3.05, 3.63) is 22.5 Å². The maximum atomic E-state index is 8.93. The molecule has 0 aliphatic carbocycles. The summed E-state index contributed by atoms with van der Waals surface area (Å²) in [7, 11) is 0. The van der Waals surface area contributed by atoms with Gasteiger partial charge in [-0.25, -0.2) is 4.98 Å². The Labute approximate surface area is 97.4 Å². The molecule has 0 atom stereocenters. The van der Waals surface area contributed by atoms with E-state index in [4.69, 9.17) is 5.26 Å². The van der Waals surface area contributed by atoms with Gasteiger partial charge in [0.05, 0.1) is 11.4 Å². The smallest absolute Gasteiger partial charge is 0.212 e. The van der Waals surface area contributed by atoms with Crippen molar-refractivity contribution < 1.29 is 0 Å². The zero-order chi connectivity index (χ0) is 11.5. The molecule has 2 aromatic rings. The Morgan fingerprint density at radius 2 is 2.38 bits per heavy atom. The van der Waals surface area contributed by atoms with Gasteiger partial charge in [-0.1, -0.05) is 18.6 Å². The SMILES string of the molecule is CCCc1c(C#N)nnn1-c1nc(C)cs1. The average Bonchev–Trinajstić information content (AvgIpc) is 2.85. The first kappa shape index (κ1) is 10.8. The van der Waals surface area contributed by atoms with Crippen LogP contribution < -0.4 is 0 Å². The van der Waals surface area contributed by atoms with E-state index >= 15 is 0 Å². The van der Waals surface area contributed by atoms with E-state index in [-0.39, 0.29) is 0 Å². The Hall–Kier alpha value is -1.74. The van der Waals surface area contributed by atoms with Crippen molar-refractivity contribution in [3.8, 4) is 11.2 Å². The lowest BCUT2D eigenvalue weighted by atomic mass is 10.2. The van der Waals surface area contributed by atoms with Gasteiger partial charge in [-0.05, 0) is 13.3 Å². The summed E-state index contributed by atoms with van der Waals surface area (Å²) in [5, 5.41) is 19.5. The highest BCUT2D eigenvalue weighted by Crippen LogP contribution is 2.17. The highest BCUT2D eigenvalue weighted by atomic mass is 32.1. The first-order valence-corrected chi connectivity index (χ1v) is 5.91. The number of hydrogen-bond acceptors (Lipinski definition) is 5. The minimum absolute atomic E-state index is 0.398. The van der Waals surface area contributed by atoms with Crippen LogP contribution in [0.15, 0.2) is 5.38 Å². The molecule has 16 heavy (non-hydrogen) atoms. The van der Waals surface area contributed by atoms with Gasteiger partial charge in [0.1, 0.15) is 6.07 Å². The number of aromatic nitrogens is 4. The molecule has 0 amide bonds. The molecule has 2 aromatic heterocycles. The molecule has 2 heterocycles. The summed E-state index contributed by atoms with van der Waals surface area (Å²) in [4.78, 5) is 4.34. The molecule has 0 saturated carbocycles. The summed E-state index contributed by atoms with van der Waals surface area (Å²) in [6.07, 6.45) is 1.74. The number of hydrogen-bond donors (Lipinski definition) is 0. The van der Waals surface area contributed by atoms with Gasteiger partial charge in [0, 0.05) is 5.38 Å². The van der Waals surface area contributed by atoms with Gasteiger partial charge in [0.25, 0.3) is 0 Å². The summed E-state index contributed by atoms with van der Waals surface area (Å²) < 4.78 is 1.67. The summed E-state index contributed by atoms with van der Waals surface area (Å²) >= 11 is 1.51. The van der Waals surface area contributed by atoms with E-state index in [2.05, 4.69) is 28.3 Å². The molecule has 0 N–H and O–H groups in total. The first-order valence-electron chi connectivity index (χ1n) is 5.03. The second-order valence-corrected chi connectivity index (χ2v) is 4.27. The highest BCUT2D eigenvalue weighted by Gasteiger charge is 2.14. The molecule has 0 aliphatic heterocycles. The lowest BCUT2D eigenvalue weighted by Crippen LogP contribution is -2.02. The molecule has 82 valence electrons. The van der Waals surface area contributed by atoms with Crippen molar-refractivity contribution in [1.82, 2.24) is 20.0 Å². The predicted octanol–water partition coefficient (Wildman–Crippen LogP) is 1.86. The lowest BCUT2D eigenvalue weighted by Gasteiger charge is -2.00. The molecule has 0 bridgehead atoms. The van der Waals surface area contributed by atoms with Crippen molar-refractivity contribution in [2.24, 2.45) is 0 Å². The Balaban J connectivity index is 2.49. The molecule has 5 nitrogen and oxygen atoms in total. The predicted molar refractivity (Wildman–Crippen MR) is 60.5 cm³/mol. The molecule has 0 spiro atoms. The molecule has 2 rings (SSSR count). The molecule has 0 radical (unpaired) electrons. The van der Waals surface area contributed by atoms with Crippen LogP contribution >= 0.6 is 11.3 Å². The number of rotatable bonds is 3. The quantitative estimate of drug-likeness (QED) is 0.811. The molecule has 0 saturated heterocycles. The Bertz CT molecular complexity index is 534. The van der Waals surface area contributed by atoms with Gasteiger partial charge in [-0.3, -0.25) is 0 Å². The van der Waals surface area contributed by atoms with Crippen LogP contribution in [0.25, 0.3) is 5.13 Å². The van der Waals surface area contributed by atoms with E-state index in [0.29, 0.717) is 5.69 Å². The number of nitrogens with zero attached hydrogens (tertiary/aromatic N) is 5. The first-order chi connectivity index (χ1) is 7.76. The molecular weight excluding hydrogens is 222 g/mol. The largest absolute Gasteiger partial charge is 0.224 e. The number of aryl methyl sites for hydroxylation is 1. The van der Waals surface area contributed by atoms with E-state index in [1.165, 1.54) is 11.3 Å². The second-order valence-electron chi connectivity index (χ2n) is 3.43. The van der Waals surface area contributed by atoms with Crippen LogP contribution in [-0.2, 0) is 6.42 Å². The fourth-order valence-corrected chi connectivity index (χ4v) is 2.21. The third kappa shape index (κ3) is 1.82. The topological polar surface area (TPSA) is 67.4 Å². The van der Waals surface area contributed by atoms with E-state index in [1.807, 2.05) is 12.3 Å². The Morgan fingerprint density at radius 3 is 2.94 bits per heavy atom. The maximum absolute atomic E-state index is 8.93. The summed E-state index contributed by atoms with van der Waals surface area (Å²) in [6.45, 7) is 3.99. The van der Waals surface area contributed by atoms with Crippen molar-refractivity contribution in [2.75, 3.05) is 0 Å². The Kier molecular flexibility index (Phi) is 2.97. The van der Waals surface area contributed by atoms with Gasteiger partial charge in [0.15, 0.2) is 5.69 Å². The molecule has 0 unspecified atom stereocenters. The summed E-state index contributed by atoms with van der Waals surface area (Å²) in [6, 6.07) is 2.06. The van der Waals surface area contributed by atoms with Crippen LogP contribution in [-0.4, -0.2) is 20.0 Å². The van der Waals surface area contributed by atoms with Gasteiger partial charge >= 0.3 is 0 Å².